The van der Waals surface area contributed by atoms with Crippen molar-refractivity contribution in [3.63, 3.8) is 0 Å². The topological polar surface area (TPSA) is 112 Å². The molecule has 1 aliphatic rings. The van der Waals surface area contributed by atoms with Crippen molar-refractivity contribution in [2.24, 2.45) is 5.92 Å². The Hall–Kier alpha value is -2.07. The van der Waals surface area contributed by atoms with Crippen molar-refractivity contribution in [3.05, 3.63) is 29.6 Å². The summed E-state index contributed by atoms with van der Waals surface area (Å²) >= 11 is 0. The molecule has 0 radical (unpaired) electrons. The van der Waals surface area contributed by atoms with Crippen LogP contribution in [0.1, 0.15) is 56.1 Å². The van der Waals surface area contributed by atoms with Gasteiger partial charge in [0.05, 0.1) is 6.61 Å². The van der Waals surface area contributed by atoms with Crippen LogP contribution in [0.2, 0.25) is 0 Å². The predicted molar refractivity (Wildman–Crippen MR) is 128 cm³/mol. The summed E-state index contributed by atoms with van der Waals surface area (Å²) in [7, 11) is 0. The number of ether oxygens (including phenoxy) is 2. The highest BCUT2D eigenvalue weighted by atomic mass is 16.5. The SMILES string of the molecule is CC(=O)N1CCN(C(=O)c2ccc(C)cn2)CCCCOC[C@@H](O)[C@@H](O)[C@H](OCCC(C)C)C1. The van der Waals surface area contributed by atoms with Gasteiger partial charge in [-0.3, -0.25) is 14.6 Å². The summed E-state index contributed by atoms with van der Waals surface area (Å²) in [6, 6.07) is 3.57. The molecule has 0 saturated carbocycles. The number of aliphatic hydroxyl groups excluding tert-OH is 2. The van der Waals surface area contributed by atoms with Crippen LogP contribution in [0, 0.1) is 12.8 Å². The maximum atomic E-state index is 13.1. The minimum Gasteiger partial charge on any atom is -0.388 e. The van der Waals surface area contributed by atoms with Gasteiger partial charge in [0, 0.05) is 52.5 Å². The van der Waals surface area contributed by atoms with E-state index in [2.05, 4.69) is 18.8 Å². The molecule has 2 N–H and O–H groups in total. The first-order chi connectivity index (χ1) is 16.2. The Labute approximate surface area is 203 Å². The number of hydrogen-bond acceptors (Lipinski definition) is 7. The van der Waals surface area contributed by atoms with Gasteiger partial charge in [-0.2, -0.15) is 0 Å². The Morgan fingerprint density at radius 1 is 1.18 bits per heavy atom. The summed E-state index contributed by atoms with van der Waals surface area (Å²) in [5.41, 5.74) is 1.34. The molecule has 1 aromatic rings. The molecule has 2 heterocycles. The zero-order valence-corrected chi connectivity index (χ0v) is 21.0. The van der Waals surface area contributed by atoms with E-state index < -0.39 is 18.3 Å². The van der Waals surface area contributed by atoms with Gasteiger partial charge in [0.1, 0.15) is 24.0 Å². The van der Waals surface area contributed by atoms with E-state index in [9.17, 15) is 19.8 Å². The molecule has 9 nitrogen and oxygen atoms in total. The van der Waals surface area contributed by atoms with Crippen LogP contribution in [0.25, 0.3) is 0 Å². The van der Waals surface area contributed by atoms with Gasteiger partial charge >= 0.3 is 0 Å². The van der Waals surface area contributed by atoms with Crippen LogP contribution < -0.4 is 0 Å². The van der Waals surface area contributed by atoms with Crippen molar-refractivity contribution >= 4 is 11.8 Å². The molecule has 0 unspecified atom stereocenters. The maximum Gasteiger partial charge on any atom is 0.272 e. The number of aliphatic hydroxyl groups is 2. The number of rotatable bonds is 5. The minimum atomic E-state index is -1.20. The molecule has 1 aromatic heterocycles. The molecule has 1 saturated heterocycles. The van der Waals surface area contributed by atoms with Gasteiger partial charge in [0.15, 0.2) is 0 Å². The van der Waals surface area contributed by atoms with Crippen LogP contribution in [-0.4, -0.2) is 101 Å². The Kier molecular flexibility index (Phi) is 11.9. The van der Waals surface area contributed by atoms with E-state index in [1.807, 2.05) is 13.0 Å². The zero-order valence-electron chi connectivity index (χ0n) is 21.0. The van der Waals surface area contributed by atoms with E-state index in [0.717, 1.165) is 12.0 Å². The molecule has 1 aliphatic heterocycles. The first kappa shape index (κ1) is 28.2. The third kappa shape index (κ3) is 9.29. The molecule has 2 rings (SSSR count). The van der Waals surface area contributed by atoms with E-state index >= 15 is 0 Å². The van der Waals surface area contributed by atoms with E-state index in [1.165, 1.54) is 6.92 Å². The smallest absolute Gasteiger partial charge is 0.272 e. The fraction of sp³-hybridized carbons (Fsp3) is 0.720. The molecular weight excluding hydrogens is 438 g/mol. The summed E-state index contributed by atoms with van der Waals surface area (Å²) in [4.78, 5) is 33.1. The summed E-state index contributed by atoms with van der Waals surface area (Å²) in [5, 5.41) is 21.2. The second kappa shape index (κ2) is 14.4. The van der Waals surface area contributed by atoms with E-state index in [0.29, 0.717) is 50.8 Å². The molecule has 34 heavy (non-hydrogen) atoms. The van der Waals surface area contributed by atoms with Crippen LogP contribution in [0.4, 0.5) is 0 Å². The van der Waals surface area contributed by atoms with Gasteiger partial charge in [0.25, 0.3) is 5.91 Å². The molecule has 192 valence electrons. The van der Waals surface area contributed by atoms with Crippen LogP contribution in [0.15, 0.2) is 18.3 Å². The fourth-order valence-electron chi connectivity index (χ4n) is 3.68. The molecule has 0 bridgehead atoms. The van der Waals surface area contributed by atoms with E-state index in [4.69, 9.17) is 9.47 Å². The number of carbonyl (C=O) groups excluding carboxylic acids is 2. The van der Waals surface area contributed by atoms with Gasteiger partial charge in [-0.25, -0.2) is 0 Å². The van der Waals surface area contributed by atoms with E-state index in [-0.39, 0.29) is 31.5 Å². The summed E-state index contributed by atoms with van der Waals surface area (Å²) < 4.78 is 11.5. The Morgan fingerprint density at radius 2 is 1.91 bits per heavy atom. The van der Waals surface area contributed by atoms with Crippen LogP contribution in [0.5, 0.6) is 0 Å². The van der Waals surface area contributed by atoms with Gasteiger partial charge in [-0.1, -0.05) is 19.9 Å². The molecular formula is C25H41N3O6. The van der Waals surface area contributed by atoms with Crippen LogP contribution >= 0.6 is 0 Å². The van der Waals surface area contributed by atoms with Crippen LogP contribution in [0.3, 0.4) is 0 Å². The lowest BCUT2D eigenvalue weighted by Gasteiger charge is -2.33. The van der Waals surface area contributed by atoms with Crippen molar-refractivity contribution in [3.8, 4) is 0 Å². The van der Waals surface area contributed by atoms with Crippen molar-refractivity contribution in [1.29, 1.82) is 0 Å². The molecule has 9 heteroatoms. The first-order valence-corrected chi connectivity index (χ1v) is 12.2. The van der Waals surface area contributed by atoms with Crippen LogP contribution in [-0.2, 0) is 14.3 Å². The van der Waals surface area contributed by atoms with Gasteiger partial charge in [-0.15, -0.1) is 0 Å². The summed E-state index contributed by atoms with van der Waals surface area (Å²) in [6.45, 7) is 9.53. The second-order valence-electron chi connectivity index (χ2n) is 9.41. The number of carbonyl (C=O) groups is 2. The third-order valence-corrected chi connectivity index (χ3v) is 5.96. The fourth-order valence-corrected chi connectivity index (χ4v) is 3.68. The average molecular weight is 480 g/mol. The highest BCUT2D eigenvalue weighted by Crippen LogP contribution is 2.13. The molecule has 1 fully saturated rings. The lowest BCUT2D eigenvalue weighted by Crippen LogP contribution is -2.50. The average Bonchev–Trinajstić information content (AvgIpc) is 2.79. The molecule has 0 aliphatic carbocycles. The molecule has 0 aromatic carbocycles. The third-order valence-electron chi connectivity index (χ3n) is 5.96. The zero-order chi connectivity index (χ0) is 25.1. The lowest BCUT2D eigenvalue weighted by molar-refractivity contribution is -0.140. The second-order valence-corrected chi connectivity index (χ2v) is 9.41. The highest BCUT2D eigenvalue weighted by Gasteiger charge is 2.30. The van der Waals surface area contributed by atoms with E-state index in [1.54, 1.807) is 22.1 Å². The molecule has 2 amide bonds. The standard InChI is InChI=1S/C25H41N3O6/c1-18(2)9-14-34-23-16-28(20(4)29)12-11-27(25(32)21-8-7-19(3)15-26-21)10-5-6-13-33-17-22(30)24(23)31/h7-8,15,18,22-24,30-31H,5-6,9-14,16-17H2,1-4H3/t22-,23-,24-/m1/s1. The number of pyridine rings is 1. The van der Waals surface area contributed by atoms with Gasteiger partial charge in [-0.05, 0) is 43.7 Å². The summed E-state index contributed by atoms with van der Waals surface area (Å²) in [5.74, 6) is 0.0443. The van der Waals surface area contributed by atoms with Crippen molar-refractivity contribution < 1.29 is 29.3 Å². The highest BCUT2D eigenvalue weighted by molar-refractivity contribution is 5.92. The largest absolute Gasteiger partial charge is 0.388 e. The molecule has 3 atom stereocenters. The maximum absolute atomic E-state index is 13.1. The number of hydrogen-bond donors (Lipinski definition) is 2. The van der Waals surface area contributed by atoms with Crippen molar-refractivity contribution in [2.45, 2.75) is 65.3 Å². The first-order valence-electron chi connectivity index (χ1n) is 12.2. The normalized spacial score (nSPS) is 23.6. The monoisotopic (exact) mass is 479 g/mol. The Balaban J connectivity index is 2.18. The number of aromatic nitrogens is 1. The van der Waals surface area contributed by atoms with Crippen molar-refractivity contribution in [2.75, 3.05) is 46.0 Å². The van der Waals surface area contributed by atoms with Gasteiger partial charge in [0.2, 0.25) is 5.91 Å². The lowest BCUT2D eigenvalue weighted by atomic mass is 10.1. The number of nitrogens with zero attached hydrogens (tertiary/aromatic N) is 3. The molecule has 0 spiro atoms. The number of amides is 2. The van der Waals surface area contributed by atoms with Gasteiger partial charge < -0.3 is 29.5 Å². The minimum absolute atomic E-state index is 0.0266. The summed E-state index contributed by atoms with van der Waals surface area (Å²) in [6.07, 6.45) is 0.765. The van der Waals surface area contributed by atoms with Crippen molar-refractivity contribution in [1.82, 2.24) is 14.8 Å². The Bertz CT molecular complexity index is 758. The predicted octanol–water partition coefficient (Wildman–Crippen LogP) is 1.64. The number of aryl methyl sites for hydroxylation is 1. The quantitative estimate of drug-likeness (QED) is 0.660. The Morgan fingerprint density at radius 3 is 2.56 bits per heavy atom.